The lowest BCUT2D eigenvalue weighted by Gasteiger charge is -2.10. The van der Waals surface area contributed by atoms with Crippen LogP contribution in [0.3, 0.4) is 0 Å². The van der Waals surface area contributed by atoms with Crippen molar-refractivity contribution in [2.75, 3.05) is 7.11 Å². The molecule has 0 radical (unpaired) electrons. The Balaban J connectivity index is 1.74. The molecule has 0 aliphatic rings. The number of benzene rings is 1. The third kappa shape index (κ3) is 3.84. The van der Waals surface area contributed by atoms with Crippen molar-refractivity contribution >= 4 is 15.9 Å². The van der Waals surface area contributed by atoms with Gasteiger partial charge < -0.3 is 9.30 Å². The Kier molecular flexibility index (Phi) is 5.25. The standard InChI is InChI=1S/C21H20BrN5O/c1-26-11-5-6-16(26)13-20-24-21(19-7-3-4-10-23-19)25-27(20)14-15-12-17(28-2)8-9-18(15)22/h3-12H,13-14H2,1-2H3. The molecule has 3 aromatic heterocycles. The van der Waals surface area contributed by atoms with Crippen molar-refractivity contribution in [2.45, 2.75) is 13.0 Å². The van der Waals surface area contributed by atoms with E-state index in [4.69, 9.17) is 14.8 Å². The highest BCUT2D eigenvalue weighted by Crippen LogP contribution is 2.24. The maximum absolute atomic E-state index is 5.37. The van der Waals surface area contributed by atoms with Crippen LogP contribution in [0.2, 0.25) is 0 Å². The van der Waals surface area contributed by atoms with Crippen LogP contribution in [0.15, 0.2) is 65.4 Å². The molecule has 3 heterocycles. The van der Waals surface area contributed by atoms with Crippen LogP contribution in [0, 0.1) is 0 Å². The Bertz CT molecular complexity index is 1090. The van der Waals surface area contributed by atoms with Gasteiger partial charge in [0.25, 0.3) is 0 Å². The smallest absolute Gasteiger partial charge is 0.200 e. The fourth-order valence-corrected chi connectivity index (χ4v) is 3.41. The highest BCUT2D eigenvalue weighted by atomic mass is 79.9. The second kappa shape index (κ2) is 7.98. The molecule has 0 fully saturated rings. The molecule has 0 atom stereocenters. The summed E-state index contributed by atoms with van der Waals surface area (Å²) >= 11 is 3.63. The first-order chi connectivity index (χ1) is 13.6. The van der Waals surface area contributed by atoms with Gasteiger partial charge >= 0.3 is 0 Å². The molecule has 0 bridgehead atoms. The Morgan fingerprint density at radius 3 is 2.71 bits per heavy atom. The minimum atomic E-state index is 0.581. The molecule has 0 amide bonds. The van der Waals surface area contributed by atoms with Gasteiger partial charge in [0.15, 0.2) is 5.82 Å². The number of aromatic nitrogens is 5. The zero-order valence-electron chi connectivity index (χ0n) is 15.7. The van der Waals surface area contributed by atoms with E-state index < -0.39 is 0 Å². The van der Waals surface area contributed by atoms with E-state index in [0.717, 1.165) is 27.3 Å². The minimum Gasteiger partial charge on any atom is -0.497 e. The molecular weight excluding hydrogens is 418 g/mol. The largest absolute Gasteiger partial charge is 0.497 e. The molecule has 0 unspecified atom stereocenters. The molecule has 0 saturated carbocycles. The number of halogens is 1. The average Bonchev–Trinajstić information content (AvgIpc) is 3.31. The van der Waals surface area contributed by atoms with E-state index in [2.05, 4.69) is 31.5 Å². The Morgan fingerprint density at radius 1 is 1.11 bits per heavy atom. The summed E-state index contributed by atoms with van der Waals surface area (Å²) < 4.78 is 10.4. The van der Waals surface area contributed by atoms with Gasteiger partial charge in [-0.2, -0.15) is 0 Å². The van der Waals surface area contributed by atoms with Crippen molar-refractivity contribution in [1.29, 1.82) is 0 Å². The number of nitrogens with zero attached hydrogens (tertiary/aromatic N) is 5. The van der Waals surface area contributed by atoms with Crippen LogP contribution in [0.5, 0.6) is 5.75 Å². The van der Waals surface area contributed by atoms with Crippen molar-refractivity contribution in [1.82, 2.24) is 24.3 Å². The molecule has 0 N–H and O–H groups in total. The number of rotatable bonds is 6. The Labute approximate surface area is 172 Å². The lowest BCUT2D eigenvalue weighted by Crippen LogP contribution is -2.09. The van der Waals surface area contributed by atoms with E-state index in [-0.39, 0.29) is 0 Å². The van der Waals surface area contributed by atoms with E-state index in [1.54, 1.807) is 13.3 Å². The monoisotopic (exact) mass is 437 g/mol. The summed E-state index contributed by atoms with van der Waals surface area (Å²) in [7, 11) is 3.71. The molecule has 7 heteroatoms. The van der Waals surface area contributed by atoms with Gasteiger partial charge in [0.1, 0.15) is 17.3 Å². The molecule has 0 aliphatic carbocycles. The molecule has 28 heavy (non-hydrogen) atoms. The third-order valence-electron chi connectivity index (χ3n) is 4.61. The Morgan fingerprint density at radius 2 is 2.00 bits per heavy atom. The first-order valence-corrected chi connectivity index (χ1v) is 9.71. The average molecular weight is 438 g/mol. The van der Waals surface area contributed by atoms with E-state index >= 15 is 0 Å². The van der Waals surface area contributed by atoms with Crippen LogP contribution >= 0.6 is 15.9 Å². The molecule has 4 aromatic rings. The molecule has 4 rings (SSSR count). The summed E-state index contributed by atoms with van der Waals surface area (Å²) in [6.07, 6.45) is 4.48. The lowest BCUT2D eigenvalue weighted by atomic mass is 10.2. The van der Waals surface area contributed by atoms with Gasteiger partial charge in [-0.25, -0.2) is 9.67 Å². The van der Waals surface area contributed by atoms with Crippen LogP contribution in [-0.4, -0.2) is 31.4 Å². The topological polar surface area (TPSA) is 57.8 Å². The second-order valence-corrected chi connectivity index (χ2v) is 7.32. The number of ether oxygens (including phenoxy) is 1. The molecule has 1 aromatic carbocycles. The van der Waals surface area contributed by atoms with Crippen LogP contribution in [-0.2, 0) is 20.0 Å². The van der Waals surface area contributed by atoms with Gasteiger partial charge in [-0.15, -0.1) is 5.10 Å². The van der Waals surface area contributed by atoms with Crippen molar-refractivity contribution < 1.29 is 4.74 Å². The van der Waals surface area contributed by atoms with E-state index in [1.165, 1.54) is 5.69 Å². The summed E-state index contributed by atoms with van der Waals surface area (Å²) in [6.45, 7) is 0.581. The summed E-state index contributed by atoms with van der Waals surface area (Å²) in [5.41, 5.74) is 3.01. The maximum Gasteiger partial charge on any atom is 0.200 e. The van der Waals surface area contributed by atoms with Crippen LogP contribution < -0.4 is 4.74 Å². The van der Waals surface area contributed by atoms with Gasteiger partial charge in [-0.1, -0.05) is 22.0 Å². The zero-order valence-corrected chi connectivity index (χ0v) is 17.3. The fourth-order valence-electron chi connectivity index (χ4n) is 3.04. The molecule has 0 spiro atoms. The van der Waals surface area contributed by atoms with Crippen LogP contribution in [0.25, 0.3) is 11.5 Å². The second-order valence-electron chi connectivity index (χ2n) is 6.47. The number of hydrogen-bond donors (Lipinski definition) is 0. The first-order valence-electron chi connectivity index (χ1n) is 8.92. The Hall–Kier alpha value is -2.93. The molecule has 0 aliphatic heterocycles. The van der Waals surface area contributed by atoms with Crippen molar-refractivity contribution in [3.8, 4) is 17.3 Å². The maximum atomic E-state index is 5.37. The number of aryl methyl sites for hydroxylation is 1. The molecular formula is C21H20BrN5O. The predicted octanol–water partition coefficient (Wildman–Crippen LogP) is 4.09. The van der Waals surface area contributed by atoms with Gasteiger partial charge in [0.05, 0.1) is 13.7 Å². The normalized spacial score (nSPS) is 11.0. The van der Waals surface area contributed by atoms with Crippen molar-refractivity contribution in [2.24, 2.45) is 7.05 Å². The SMILES string of the molecule is COc1ccc(Br)c(Cn2nc(-c3ccccn3)nc2Cc2cccn2C)c1. The first kappa shape index (κ1) is 18.4. The van der Waals surface area contributed by atoms with Crippen molar-refractivity contribution in [3.05, 3.63) is 82.5 Å². The highest BCUT2D eigenvalue weighted by molar-refractivity contribution is 9.10. The molecule has 6 nitrogen and oxygen atoms in total. The third-order valence-corrected chi connectivity index (χ3v) is 5.38. The van der Waals surface area contributed by atoms with Crippen molar-refractivity contribution in [3.63, 3.8) is 0 Å². The van der Waals surface area contributed by atoms with Gasteiger partial charge in [0, 0.05) is 36.0 Å². The summed E-state index contributed by atoms with van der Waals surface area (Å²) in [5, 5.41) is 4.75. The predicted molar refractivity (Wildman–Crippen MR) is 111 cm³/mol. The van der Waals surface area contributed by atoms with Gasteiger partial charge in [-0.3, -0.25) is 4.98 Å². The molecule has 0 saturated heterocycles. The number of hydrogen-bond acceptors (Lipinski definition) is 4. The quantitative estimate of drug-likeness (QED) is 0.455. The lowest BCUT2D eigenvalue weighted by molar-refractivity contribution is 0.414. The van der Waals surface area contributed by atoms with Crippen LogP contribution in [0.1, 0.15) is 17.1 Å². The summed E-state index contributed by atoms with van der Waals surface area (Å²) in [5.74, 6) is 2.33. The fraction of sp³-hybridized carbons (Fsp3) is 0.190. The van der Waals surface area contributed by atoms with Gasteiger partial charge in [0.2, 0.25) is 0 Å². The zero-order chi connectivity index (χ0) is 19.5. The van der Waals surface area contributed by atoms with Crippen LogP contribution in [0.4, 0.5) is 0 Å². The number of pyridine rings is 1. The highest BCUT2D eigenvalue weighted by Gasteiger charge is 2.15. The van der Waals surface area contributed by atoms with E-state index in [1.807, 2.05) is 60.4 Å². The summed E-state index contributed by atoms with van der Waals surface area (Å²) in [6, 6.07) is 15.8. The number of methoxy groups -OCH3 is 1. The molecule has 142 valence electrons. The van der Waals surface area contributed by atoms with Gasteiger partial charge in [-0.05, 0) is 48.0 Å². The van der Waals surface area contributed by atoms with E-state index in [9.17, 15) is 0 Å². The minimum absolute atomic E-state index is 0.581. The summed E-state index contributed by atoms with van der Waals surface area (Å²) in [4.78, 5) is 9.19. The van der Waals surface area contributed by atoms with E-state index in [0.29, 0.717) is 18.8 Å².